The van der Waals surface area contributed by atoms with E-state index in [0.29, 0.717) is 5.89 Å². The quantitative estimate of drug-likeness (QED) is 0.538. The highest BCUT2D eigenvalue weighted by atomic mass is 16.3. The molecule has 6 heteroatoms. The minimum Gasteiger partial charge on any atom is -0.444 e. The second kappa shape index (κ2) is 8.58. The number of aliphatic imine (C=N–C) groups is 1. The van der Waals surface area contributed by atoms with Gasteiger partial charge in [0.05, 0.1) is 12.2 Å². The first-order chi connectivity index (χ1) is 13.1. The molecular formula is C21H27N5O. The van der Waals surface area contributed by atoms with Crippen molar-refractivity contribution in [2.24, 2.45) is 12.0 Å². The van der Waals surface area contributed by atoms with Crippen molar-refractivity contribution in [3.8, 4) is 11.5 Å². The summed E-state index contributed by atoms with van der Waals surface area (Å²) >= 11 is 0. The summed E-state index contributed by atoms with van der Waals surface area (Å²) in [5.41, 5.74) is 4.39. The van der Waals surface area contributed by atoms with Crippen molar-refractivity contribution in [1.82, 2.24) is 19.8 Å². The zero-order valence-electron chi connectivity index (χ0n) is 16.4. The second-order valence-corrected chi connectivity index (χ2v) is 6.70. The number of rotatable bonds is 6. The standard InChI is InChI=1S/C21H27N5O/c1-16-7-9-17(10-8-16)20-24-18(15-27-20)11-12-23-21(22-2)26(4)14-19-6-5-13-25(19)3/h5-10,13,15H,11-12,14H2,1-4H3,(H,22,23). The third-order valence-electron chi connectivity index (χ3n) is 4.54. The molecule has 0 amide bonds. The van der Waals surface area contributed by atoms with E-state index >= 15 is 0 Å². The molecule has 0 fully saturated rings. The van der Waals surface area contributed by atoms with Gasteiger partial charge in [0.2, 0.25) is 5.89 Å². The number of nitrogens with zero attached hydrogens (tertiary/aromatic N) is 4. The molecule has 2 heterocycles. The lowest BCUT2D eigenvalue weighted by Crippen LogP contribution is -2.39. The molecule has 0 bridgehead atoms. The number of aromatic nitrogens is 2. The summed E-state index contributed by atoms with van der Waals surface area (Å²) < 4.78 is 7.74. The highest BCUT2D eigenvalue weighted by Gasteiger charge is 2.10. The van der Waals surface area contributed by atoms with Crippen LogP contribution in [-0.4, -0.2) is 41.1 Å². The lowest BCUT2D eigenvalue weighted by molar-refractivity contribution is 0.462. The predicted octanol–water partition coefficient (Wildman–Crippen LogP) is 3.24. The molecule has 0 unspecified atom stereocenters. The number of guanidine groups is 1. The van der Waals surface area contributed by atoms with Crippen molar-refractivity contribution >= 4 is 5.96 Å². The SMILES string of the molecule is CN=C(NCCc1coc(-c2ccc(C)cc2)n1)N(C)Cc1cccn1C. The van der Waals surface area contributed by atoms with E-state index in [4.69, 9.17) is 4.42 Å². The molecule has 0 aliphatic carbocycles. The van der Waals surface area contributed by atoms with Crippen molar-refractivity contribution < 1.29 is 4.42 Å². The van der Waals surface area contributed by atoms with E-state index in [0.717, 1.165) is 36.7 Å². The molecule has 1 aromatic carbocycles. The third-order valence-corrected chi connectivity index (χ3v) is 4.54. The number of aryl methyl sites for hydroxylation is 2. The zero-order chi connectivity index (χ0) is 19.2. The van der Waals surface area contributed by atoms with Gasteiger partial charge in [-0.3, -0.25) is 4.99 Å². The monoisotopic (exact) mass is 365 g/mol. The number of oxazole rings is 1. The van der Waals surface area contributed by atoms with Crippen molar-refractivity contribution in [2.45, 2.75) is 19.9 Å². The molecule has 0 radical (unpaired) electrons. The highest BCUT2D eigenvalue weighted by molar-refractivity contribution is 5.79. The van der Waals surface area contributed by atoms with Crippen LogP contribution >= 0.6 is 0 Å². The maximum absolute atomic E-state index is 5.62. The molecule has 0 aliphatic rings. The van der Waals surface area contributed by atoms with Crippen molar-refractivity contribution in [2.75, 3.05) is 20.6 Å². The van der Waals surface area contributed by atoms with E-state index in [1.165, 1.54) is 11.3 Å². The fourth-order valence-corrected chi connectivity index (χ4v) is 2.92. The summed E-state index contributed by atoms with van der Waals surface area (Å²) in [4.78, 5) is 11.1. The van der Waals surface area contributed by atoms with Gasteiger partial charge in [0, 0.05) is 51.6 Å². The molecule has 2 aromatic heterocycles. The van der Waals surface area contributed by atoms with E-state index in [9.17, 15) is 0 Å². The van der Waals surface area contributed by atoms with Gasteiger partial charge in [-0.25, -0.2) is 4.98 Å². The first-order valence-corrected chi connectivity index (χ1v) is 9.10. The van der Waals surface area contributed by atoms with Crippen LogP contribution in [0.2, 0.25) is 0 Å². The first kappa shape index (κ1) is 18.8. The Morgan fingerprint density at radius 1 is 1.26 bits per heavy atom. The van der Waals surface area contributed by atoms with E-state index in [1.54, 1.807) is 13.3 Å². The van der Waals surface area contributed by atoms with E-state index in [-0.39, 0.29) is 0 Å². The van der Waals surface area contributed by atoms with Gasteiger partial charge in [-0.05, 0) is 31.2 Å². The number of hydrogen-bond acceptors (Lipinski definition) is 3. The average Bonchev–Trinajstić information content (AvgIpc) is 3.29. The van der Waals surface area contributed by atoms with Crippen molar-refractivity contribution in [3.05, 3.63) is 65.8 Å². The van der Waals surface area contributed by atoms with Gasteiger partial charge in [0.1, 0.15) is 6.26 Å². The summed E-state index contributed by atoms with van der Waals surface area (Å²) in [7, 11) is 5.89. The fourth-order valence-electron chi connectivity index (χ4n) is 2.92. The Kier molecular flexibility index (Phi) is 5.96. The second-order valence-electron chi connectivity index (χ2n) is 6.70. The average molecular weight is 365 g/mol. The molecule has 6 nitrogen and oxygen atoms in total. The lowest BCUT2D eigenvalue weighted by Gasteiger charge is -2.22. The Hall–Kier alpha value is -3.02. The Morgan fingerprint density at radius 3 is 2.70 bits per heavy atom. The topological polar surface area (TPSA) is 58.6 Å². The maximum atomic E-state index is 5.62. The maximum Gasteiger partial charge on any atom is 0.226 e. The van der Waals surface area contributed by atoms with Gasteiger partial charge in [0.15, 0.2) is 5.96 Å². The number of nitrogens with one attached hydrogen (secondary N) is 1. The van der Waals surface area contributed by atoms with Crippen LogP contribution in [0.25, 0.3) is 11.5 Å². The smallest absolute Gasteiger partial charge is 0.226 e. The minimum atomic E-state index is 0.662. The molecular weight excluding hydrogens is 338 g/mol. The molecule has 0 atom stereocenters. The third kappa shape index (κ3) is 4.78. The molecule has 3 aromatic rings. The van der Waals surface area contributed by atoms with Gasteiger partial charge in [0.25, 0.3) is 0 Å². The van der Waals surface area contributed by atoms with Crippen LogP contribution in [0.15, 0.2) is 58.3 Å². The molecule has 27 heavy (non-hydrogen) atoms. The van der Waals surface area contributed by atoms with Crippen LogP contribution in [0.1, 0.15) is 17.0 Å². The van der Waals surface area contributed by atoms with E-state index in [2.05, 4.69) is 69.2 Å². The summed E-state index contributed by atoms with van der Waals surface area (Å²) in [5.74, 6) is 1.52. The molecule has 1 N–H and O–H groups in total. The van der Waals surface area contributed by atoms with Crippen LogP contribution in [0, 0.1) is 6.92 Å². The number of benzene rings is 1. The first-order valence-electron chi connectivity index (χ1n) is 9.10. The Bertz CT molecular complexity index is 891. The van der Waals surface area contributed by atoms with Gasteiger partial charge in [-0.15, -0.1) is 0 Å². The minimum absolute atomic E-state index is 0.662. The van der Waals surface area contributed by atoms with Crippen LogP contribution in [0.4, 0.5) is 0 Å². The molecule has 0 aliphatic heterocycles. The Morgan fingerprint density at radius 2 is 2.04 bits per heavy atom. The van der Waals surface area contributed by atoms with E-state index in [1.807, 2.05) is 19.2 Å². The summed E-state index contributed by atoms with van der Waals surface area (Å²) in [6.45, 7) is 3.60. The lowest BCUT2D eigenvalue weighted by atomic mass is 10.1. The van der Waals surface area contributed by atoms with Crippen LogP contribution < -0.4 is 5.32 Å². The molecule has 0 saturated heterocycles. The summed E-state index contributed by atoms with van der Waals surface area (Å²) in [5, 5.41) is 3.39. The van der Waals surface area contributed by atoms with Gasteiger partial charge in [-0.1, -0.05) is 17.7 Å². The molecule has 0 saturated carbocycles. The van der Waals surface area contributed by atoms with Crippen molar-refractivity contribution in [3.63, 3.8) is 0 Å². The molecule has 3 rings (SSSR count). The molecule has 142 valence electrons. The summed E-state index contributed by atoms with van der Waals surface area (Å²) in [6, 6.07) is 12.4. The van der Waals surface area contributed by atoms with Gasteiger partial charge < -0.3 is 19.2 Å². The molecule has 0 spiro atoms. The normalized spacial score (nSPS) is 11.6. The van der Waals surface area contributed by atoms with Crippen LogP contribution in [-0.2, 0) is 20.0 Å². The van der Waals surface area contributed by atoms with Crippen LogP contribution in [0.3, 0.4) is 0 Å². The van der Waals surface area contributed by atoms with Crippen molar-refractivity contribution in [1.29, 1.82) is 0 Å². The highest BCUT2D eigenvalue weighted by Crippen LogP contribution is 2.19. The predicted molar refractivity (Wildman–Crippen MR) is 109 cm³/mol. The Balaban J connectivity index is 1.52. The Labute approximate surface area is 160 Å². The van der Waals surface area contributed by atoms with E-state index < -0.39 is 0 Å². The van der Waals surface area contributed by atoms with Crippen LogP contribution in [0.5, 0.6) is 0 Å². The van der Waals surface area contributed by atoms with Gasteiger partial charge in [-0.2, -0.15) is 0 Å². The van der Waals surface area contributed by atoms with Gasteiger partial charge >= 0.3 is 0 Å². The summed E-state index contributed by atoms with van der Waals surface area (Å²) in [6.07, 6.45) is 4.55. The number of hydrogen-bond donors (Lipinski definition) is 1. The largest absolute Gasteiger partial charge is 0.444 e. The zero-order valence-corrected chi connectivity index (χ0v) is 16.4. The fraction of sp³-hybridized carbons (Fsp3) is 0.333.